The van der Waals surface area contributed by atoms with Crippen LogP contribution in [0.3, 0.4) is 0 Å². The van der Waals surface area contributed by atoms with Gasteiger partial charge in [-0.05, 0) is 12.3 Å². The van der Waals surface area contributed by atoms with Crippen molar-refractivity contribution in [3.8, 4) is 0 Å². The Morgan fingerprint density at radius 3 is 2.31 bits per heavy atom. The van der Waals surface area contributed by atoms with Crippen molar-refractivity contribution in [2.75, 3.05) is 0 Å². The van der Waals surface area contributed by atoms with Crippen molar-refractivity contribution in [3.63, 3.8) is 0 Å². The highest BCUT2D eigenvalue weighted by molar-refractivity contribution is 5.99. The van der Waals surface area contributed by atoms with E-state index in [1.807, 2.05) is 0 Å². The fraction of sp³-hybridized carbons (Fsp3) is 0.600. The molecule has 2 saturated heterocycles. The van der Waals surface area contributed by atoms with Crippen LogP contribution in [-0.4, -0.2) is 23.9 Å². The Kier molecular flexibility index (Phi) is 1.72. The molecule has 4 atom stereocenters. The summed E-state index contributed by atoms with van der Waals surface area (Å²) < 4.78 is 9.05. The first-order valence-corrected chi connectivity index (χ1v) is 5.08. The lowest BCUT2D eigenvalue weighted by atomic mass is 9.83. The molecule has 0 aromatic rings. The van der Waals surface area contributed by atoms with Gasteiger partial charge in [0.15, 0.2) is 0 Å². The SMILES string of the molecule is O=C1C[C@H]2[C@H](C(=O)O1)[C@H]1C[C@H]2C(=O)OC1=O. The van der Waals surface area contributed by atoms with Crippen molar-refractivity contribution in [1.82, 2.24) is 0 Å². The number of fused-ring (bicyclic) bond motifs is 5. The van der Waals surface area contributed by atoms with E-state index in [1.54, 1.807) is 0 Å². The van der Waals surface area contributed by atoms with E-state index < -0.39 is 47.5 Å². The van der Waals surface area contributed by atoms with Crippen LogP contribution in [0.5, 0.6) is 0 Å². The van der Waals surface area contributed by atoms with Gasteiger partial charge in [-0.3, -0.25) is 19.2 Å². The fourth-order valence-electron chi connectivity index (χ4n) is 2.93. The number of carbonyl (C=O) groups is 4. The second-order valence-corrected chi connectivity index (χ2v) is 4.38. The quantitative estimate of drug-likeness (QED) is 0.404. The predicted molar refractivity (Wildman–Crippen MR) is 45.4 cm³/mol. The van der Waals surface area contributed by atoms with E-state index in [-0.39, 0.29) is 6.42 Å². The zero-order valence-electron chi connectivity index (χ0n) is 8.17. The normalized spacial score (nSPS) is 41.5. The van der Waals surface area contributed by atoms with E-state index in [2.05, 4.69) is 9.47 Å². The number of esters is 4. The summed E-state index contributed by atoms with van der Waals surface area (Å²) in [5, 5.41) is 0. The zero-order chi connectivity index (χ0) is 11.4. The average molecular weight is 224 g/mol. The first-order valence-electron chi connectivity index (χ1n) is 5.08. The monoisotopic (exact) mass is 224 g/mol. The van der Waals surface area contributed by atoms with Crippen molar-refractivity contribution in [2.45, 2.75) is 12.8 Å². The molecule has 0 unspecified atom stereocenters. The highest BCUT2D eigenvalue weighted by atomic mass is 16.6. The van der Waals surface area contributed by atoms with Crippen LogP contribution in [-0.2, 0) is 28.7 Å². The Morgan fingerprint density at radius 1 is 0.875 bits per heavy atom. The molecule has 2 bridgehead atoms. The summed E-state index contributed by atoms with van der Waals surface area (Å²) >= 11 is 0. The Hall–Kier alpha value is -1.72. The topological polar surface area (TPSA) is 86.7 Å². The van der Waals surface area contributed by atoms with Crippen LogP contribution in [0.25, 0.3) is 0 Å². The molecule has 2 heterocycles. The number of hydrogen-bond donors (Lipinski definition) is 0. The molecule has 0 amide bonds. The van der Waals surface area contributed by atoms with Gasteiger partial charge in [-0.15, -0.1) is 0 Å². The lowest BCUT2D eigenvalue weighted by Gasteiger charge is -2.24. The van der Waals surface area contributed by atoms with Gasteiger partial charge in [0.25, 0.3) is 0 Å². The lowest BCUT2D eigenvalue weighted by Crippen LogP contribution is -2.37. The smallest absolute Gasteiger partial charge is 0.317 e. The second kappa shape index (κ2) is 2.90. The summed E-state index contributed by atoms with van der Waals surface area (Å²) in [6.07, 6.45) is 0.315. The summed E-state index contributed by atoms with van der Waals surface area (Å²) in [4.78, 5) is 45.5. The van der Waals surface area contributed by atoms with Gasteiger partial charge in [0.2, 0.25) is 0 Å². The highest BCUT2D eigenvalue weighted by Crippen LogP contribution is 2.49. The van der Waals surface area contributed by atoms with Crippen LogP contribution < -0.4 is 0 Å². The third-order valence-electron chi connectivity index (χ3n) is 3.62. The van der Waals surface area contributed by atoms with Crippen molar-refractivity contribution in [1.29, 1.82) is 0 Å². The Labute approximate surface area is 89.9 Å². The molecule has 6 nitrogen and oxygen atoms in total. The van der Waals surface area contributed by atoms with Crippen LogP contribution >= 0.6 is 0 Å². The minimum Gasteiger partial charge on any atom is -0.393 e. The maximum absolute atomic E-state index is 11.5. The number of rotatable bonds is 0. The molecule has 3 rings (SSSR count). The largest absolute Gasteiger partial charge is 0.393 e. The Bertz CT molecular complexity index is 425. The minimum atomic E-state index is -0.694. The molecule has 0 aromatic heterocycles. The number of carbonyl (C=O) groups excluding carboxylic acids is 4. The van der Waals surface area contributed by atoms with Crippen molar-refractivity contribution in [2.24, 2.45) is 23.7 Å². The van der Waals surface area contributed by atoms with Crippen molar-refractivity contribution >= 4 is 23.9 Å². The molecule has 0 spiro atoms. The first kappa shape index (κ1) is 9.50. The van der Waals surface area contributed by atoms with Gasteiger partial charge in [-0.25, -0.2) is 0 Å². The highest BCUT2D eigenvalue weighted by Gasteiger charge is 2.60. The van der Waals surface area contributed by atoms with Crippen molar-refractivity contribution in [3.05, 3.63) is 0 Å². The lowest BCUT2D eigenvalue weighted by molar-refractivity contribution is -0.174. The van der Waals surface area contributed by atoms with E-state index in [4.69, 9.17) is 0 Å². The summed E-state index contributed by atoms with van der Waals surface area (Å²) in [5.41, 5.74) is 0. The van der Waals surface area contributed by atoms with E-state index in [0.717, 1.165) is 0 Å². The van der Waals surface area contributed by atoms with E-state index >= 15 is 0 Å². The van der Waals surface area contributed by atoms with Gasteiger partial charge in [-0.2, -0.15) is 0 Å². The maximum Gasteiger partial charge on any atom is 0.317 e. The zero-order valence-corrected chi connectivity index (χ0v) is 8.17. The second-order valence-electron chi connectivity index (χ2n) is 4.38. The Balaban J connectivity index is 2.02. The van der Waals surface area contributed by atoms with Crippen LogP contribution in [0.15, 0.2) is 0 Å². The summed E-state index contributed by atoms with van der Waals surface area (Å²) in [7, 11) is 0. The third kappa shape index (κ3) is 1.07. The number of hydrogen-bond acceptors (Lipinski definition) is 6. The summed E-state index contributed by atoms with van der Waals surface area (Å²) in [6, 6.07) is 0. The third-order valence-corrected chi connectivity index (χ3v) is 3.62. The molecule has 6 heteroatoms. The van der Waals surface area contributed by atoms with E-state index in [0.29, 0.717) is 6.42 Å². The summed E-state index contributed by atoms with van der Waals surface area (Å²) in [5.74, 6) is -4.83. The average Bonchev–Trinajstić information content (AvgIpc) is 2.52. The number of ether oxygens (including phenoxy) is 2. The fourth-order valence-corrected chi connectivity index (χ4v) is 2.93. The molecule has 2 aliphatic heterocycles. The van der Waals surface area contributed by atoms with Crippen molar-refractivity contribution < 1.29 is 28.7 Å². The summed E-state index contributed by atoms with van der Waals surface area (Å²) in [6.45, 7) is 0. The van der Waals surface area contributed by atoms with Gasteiger partial charge in [0, 0.05) is 0 Å². The standard InChI is InChI=1S/C10H8O6/c11-6-2-3-4-1-5(7(3)10(14)15-6)9(13)16-8(4)12/h3-5,7H,1-2H2/t3-,4-,5-,7+/m1/s1. The van der Waals surface area contributed by atoms with Gasteiger partial charge in [0.05, 0.1) is 24.2 Å². The van der Waals surface area contributed by atoms with Crippen LogP contribution in [0.1, 0.15) is 12.8 Å². The van der Waals surface area contributed by atoms with Crippen LogP contribution in [0.4, 0.5) is 0 Å². The van der Waals surface area contributed by atoms with Gasteiger partial charge >= 0.3 is 23.9 Å². The van der Waals surface area contributed by atoms with Gasteiger partial charge in [0.1, 0.15) is 0 Å². The van der Waals surface area contributed by atoms with Crippen LogP contribution in [0.2, 0.25) is 0 Å². The maximum atomic E-state index is 11.5. The molecule has 0 radical (unpaired) electrons. The van der Waals surface area contributed by atoms with Crippen LogP contribution in [0, 0.1) is 23.7 Å². The molecule has 3 aliphatic rings. The molecular formula is C10H8O6. The molecule has 0 N–H and O–H groups in total. The van der Waals surface area contributed by atoms with Gasteiger partial charge in [-0.1, -0.05) is 0 Å². The Morgan fingerprint density at radius 2 is 1.56 bits per heavy atom. The molecule has 3 fully saturated rings. The molecule has 1 aliphatic carbocycles. The number of cyclic esters (lactones) is 4. The molecule has 84 valence electrons. The first-order chi connectivity index (χ1) is 7.58. The van der Waals surface area contributed by atoms with Gasteiger partial charge < -0.3 is 9.47 Å². The van der Waals surface area contributed by atoms with E-state index in [9.17, 15) is 19.2 Å². The minimum absolute atomic E-state index is 0.0138. The predicted octanol–water partition coefficient (Wildman–Crippen LogP) is -0.588. The molecular weight excluding hydrogens is 216 g/mol. The molecule has 0 aromatic carbocycles. The molecule has 16 heavy (non-hydrogen) atoms. The van der Waals surface area contributed by atoms with E-state index in [1.165, 1.54) is 0 Å². The molecule has 1 saturated carbocycles.